The molecule has 0 amide bonds. The smallest absolute Gasteiger partial charge is 0.0766 e. The van der Waals surface area contributed by atoms with Crippen molar-refractivity contribution >= 4 is 15.9 Å². The van der Waals surface area contributed by atoms with E-state index in [0.717, 1.165) is 25.1 Å². The highest BCUT2D eigenvalue weighted by atomic mass is 79.9. The monoisotopic (exact) mass is 315 g/mol. The summed E-state index contributed by atoms with van der Waals surface area (Å²) in [5, 5.41) is 8.16. The van der Waals surface area contributed by atoms with Gasteiger partial charge in [-0.05, 0) is 34.3 Å². The number of rotatable bonds is 5. The van der Waals surface area contributed by atoms with Gasteiger partial charge < -0.3 is 5.32 Å². The van der Waals surface area contributed by atoms with Crippen LogP contribution in [0.15, 0.2) is 4.47 Å². The highest BCUT2D eigenvalue weighted by Gasteiger charge is 2.26. The third-order valence-corrected chi connectivity index (χ3v) is 4.31. The van der Waals surface area contributed by atoms with Crippen LogP contribution in [0.4, 0.5) is 0 Å². The highest BCUT2D eigenvalue weighted by molar-refractivity contribution is 9.10. The highest BCUT2D eigenvalue weighted by Crippen LogP contribution is 2.27. The van der Waals surface area contributed by atoms with Crippen LogP contribution >= 0.6 is 15.9 Å². The SMILES string of the molecule is CCNC(Cc1c(Br)c(CC)nn1C)C(C)(C)C. The fourth-order valence-electron chi connectivity index (χ4n) is 2.17. The maximum Gasteiger partial charge on any atom is 0.0766 e. The van der Waals surface area contributed by atoms with Crippen LogP contribution in [0.2, 0.25) is 0 Å². The second-order valence-electron chi connectivity index (χ2n) is 5.86. The molecule has 1 unspecified atom stereocenters. The molecule has 104 valence electrons. The first-order valence-electron chi connectivity index (χ1n) is 6.74. The van der Waals surface area contributed by atoms with Gasteiger partial charge in [-0.15, -0.1) is 0 Å². The Morgan fingerprint density at radius 1 is 1.33 bits per heavy atom. The lowest BCUT2D eigenvalue weighted by Crippen LogP contribution is -2.42. The molecule has 0 fully saturated rings. The molecule has 1 aromatic rings. The van der Waals surface area contributed by atoms with Crippen LogP contribution in [-0.4, -0.2) is 22.4 Å². The Morgan fingerprint density at radius 3 is 2.33 bits per heavy atom. The molecule has 18 heavy (non-hydrogen) atoms. The van der Waals surface area contributed by atoms with E-state index in [-0.39, 0.29) is 5.41 Å². The molecule has 1 aromatic heterocycles. The first-order valence-corrected chi connectivity index (χ1v) is 7.54. The molecule has 0 aliphatic heterocycles. The second-order valence-corrected chi connectivity index (χ2v) is 6.66. The summed E-state index contributed by atoms with van der Waals surface area (Å²) in [4.78, 5) is 0. The van der Waals surface area contributed by atoms with E-state index in [4.69, 9.17) is 0 Å². The number of nitrogens with zero attached hydrogens (tertiary/aromatic N) is 2. The van der Waals surface area contributed by atoms with Gasteiger partial charge in [-0.2, -0.15) is 5.10 Å². The zero-order valence-electron chi connectivity index (χ0n) is 12.5. The van der Waals surface area contributed by atoms with E-state index in [1.807, 2.05) is 11.7 Å². The van der Waals surface area contributed by atoms with E-state index in [1.54, 1.807) is 0 Å². The molecule has 0 aromatic carbocycles. The first-order chi connectivity index (χ1) is 8.31. The number of nitrogens with one attached hydrogen (secondary N) is 1. The lowest BCUT2D eigenvalue weighted by Gasteiger charge is -2.31. The number of halogens is 1. The van der Waals surface area contributed by atoms with Crippen molar-refractivity contribution in [2.75, 3.05) is 6.54 Å². The Morgan fingerprint density at radius 2 is 1.94 bits per heavy atom. The van der Waals surface area contributed by atoms with Crippen LogP contribution in [0.1, 0.15) is 46.0 Å². The van der Waals surface area contributed by atoms with E-state index in [1.165, 1.54) is 10.2 Å². The third-order valence-electron chi connectivity index (χ3n) is 3.40. The summed E-state index contributed by atoms with van der Waals surface area (Å²) in [7, 11) is 2.03. The molecule has 1 heterocycles. The molecule has 0 radical (unpaired) electrons. The lowest BCUT2D eigenvalue weighted by atomic mass is 9.84. The number of hydrogen-bond donors (Lipinski definition) is 1. The molecular formula is C14H26BrN3. The Kier molecular flexibility index (Phi) is 5.41. The average Bonchev–Trinajstić information content (AvgIpc) is 2.54. The lowest BCUT2D eigenvalue weighted by molar-refractivity contribution is 0.266. The molecule has 1 atom stereocenters. The minimum Gasteiger partial charge on any atom is -0.313 e. The van der Waals surface area contributed by atoms with Gasteiger partial charge >= 0.3 is 0 Å². The maximum atomic E-state index is 4.57. The predicted molar refractivity (Wildman–Crippen MR) is 80.9 cm³/mol. The fourth-order valence-corrected chi connectivity index (χ4v) is 2.94. The van der Waals surface area contributed by atoms with Crippen molar-refractivity contribution < 1.29 is 0 Å². The second kappa shape index (κ2) is 6.20. The van der Waals surface area contributed by atoms with Crippen molar-refractivity contribution in [1.29, 1.82) is 0 Å². The number of aryl methyl sites for hydroxylation is 2. The van der Waals surface area contributed by atoms with Gasteiger partial charge in [0.1, 0.15) is 0 Å². The van der Waals surface area contributed by atoms with Gasteiger partial charge in [-0.1, -0.05) is 34.6 Å². The van der Waals surface area contributed by atoms with Crippen LogP contribution in [-0.2, 0) is 19.9 Å². The predicted octanol–water partition coefficient (Wildman–Crippen LogP) is 3.31. The van der Waals surface area contributed by atoms with Crippen LogP contribution in [0.5, 0.6) is 0 Å². The molecule has 1 N–H and O–H groups in total. The molecule has 0 spiro atoms. The van der Waals surface area contributed by atoms with Gasteiger partial charge in [0.2, 0.25) is 0 Å². The van der Waals surface area contributed by atoms with Crippen LogP contribution in [0.3, 0.4) is 0 Å². The molecule has 0 aliphatic carbocycles. The summed E-state index contributed by atoms with van der Waals surface area (Å²) >= 11 is 3.70. The molecule has 0 aliphatic rings. The van der Waals surface area contributed by atoms with Gasteiger partial charge in [0, 0.05) is 19.5 Å². The third kappa shape index (κ3) is 3.58. The number of aromatic nitrogens is 2. The van der Waals surface area contributed by atoms with Crippen molar-refractivity contribution in [3.8, 4) is 0 Å². The van der Waals surface area contributed by atoms with E-state index >= 15 is 0 Å². The summed E-state index contributed by atoms with van der Waals surface area (Å²) in [6, 6.07) is 0.457. The Bertz CT molecular complexity index is 390. The van der Waals surface area contributed by atoms with Gasteiger partial charge in [0.15, 0.2) is 0 Å². The molecule has 3 nitrogen and oxygen atoms in total. The number of likely N-dealkylation sites (N-methyl/N-ethyl adjacent to an activating group) is 1. The first kappa shape index (κ1) is 15.7. The zero-order valence-corrected chi connectivity index (χ0v) is 14.1. The topological polar surface area (TPSA) is 29.9 Å². The molecule has 0 bridgehead atoms. The van der Waals surface area contributed by atoms with E-state index in [2.05, 4.69) is 61.0 Å². The standard InChI is InChI=1S/C14H26BrN3/c1-7-10-13(15)11(18(6)17-10)9-12(16-8-2)14(3,4)5/h12,16H,7-9H2,1-6H3. The summed E-state index contributed by atoms with van der Waals surface area (Å²) in [6.45, 7) is 12.1. The van der Waals surface area contributed by atoms with Crippen molar-refractivity contribution in [3.05, 3.63) is 15.9 Å². The van der Waals surface area contributed by atoms with Crippen LogP contribution < -0.4 is 5.32 Å². The quantitative estimate of drug-likeness (QED) is 0.903. The van der Waals surface area contributed by atoms with Gasteiger partial charge in [0.25, 0.3) is 0 Å². The molecular weight excluding hydrogens is 290 g/mol. The average molecular weight is 316 g/mol. The van der Waals surface area contributed by atoms with Crippen molar-refractivity contribution in [2.24, 2.45) is 12.5 Å². The van der Waals surface area contributed by atoms with Crippen molar-refractivity contribution in [2.45, 2.75) is 53.5 Å². The Balaban J connectivity index is 2.97. The summed E-state index contributed by atoms with van der Waals surface area (Å²) in [5.74, 6) is 0. The van der Waals surface area contributed by atoms with Gasteiger partial charge in [0.05, 0.1) is 15.9 Å². The normalized spacial score (nSPS) is 13.9. The molecule has 1 rings (SSSR count). The maximum absolute atomic E-state index is 4.57. The van der Waals surface area contributed by atoms with Crippen LogP contribution in [0, 0.1) is 5.41 Å². The van der Waals surface area contributed by atoms with Crippen molar-refractivity contribution in [3.63, 3.8) is 0 Å². The van der Waals surface area contributed by atoms with Gasteiger partial charge in [-0.25, -0.2) is 0 Å². The summed E-state index contributed by atoms with van der Waals surface area (Å²) in [5.41, 5.74) is 2.68. The minimum absolute atomic E-state index is 0.242. The largest absolute Gasteiger partial charge is 0.313 e. The zero-order chi connectivity index (χ0) is 13.9. The molecule has 0 saturated carbocycles. The minimum atomic E-state index is 0.242. The fraction of sp³-hybridized carbons (Fsp3) is 0.786. The van der Waals surface area contributed by atoms with Crippen LogP contribution in [0.25, 0.3) is 0 Å². The molecule has 0 saturated heterocycles. The molecule has 4 heteroatoms. The van der Waals surface area contributed by atoms with E-state index < -0.39 is 0 Å². The summed E-state index contributed by atoms with van der Waals surface area (Å²) in [6.07, 6.45) is 1.97. The number of hydrogen-bond acceptors (Lipinski definition) is 2. The van der Waals surface area contributed by atoms with E-state index in [0.29, 0.717) is 6.04 Å². The Labute approximate surface area is 119 Å². The van der Waals surface area contributed by atoms with Gasteiger partial charge in [-0.3, -0.25) is 4.68 Å². The summed E-state index contributed by atoms with van der Waals surface area (Å²) < 4.78 is 3.19. The van der Waals surface area contributed by atoms with Crippen molar-refractivity contribution in [1.82, 2.24) is 15.1 Å². The van der Waals surface area contributed by atoms with E-state index in [9.17, 15) is 0 Å². The Hall–Kier alpha value is -0.350.